The number of carbonyl (C=O) groups excluding carboxylic acids is 1. The van der Waals surface area contributed by atoms with Crippen molar-refractivity contribution in [2.45, 2.75) is 57.8 Å². The molecule has 0 saturated carbocycles. The average molecular weight is 348 g/mol. The van der Waals surface area contributed by atoms with Crippen LogP contribution in [0.3, 0.4) is 0 Å². The molecule has 1 atom stereocenters. The minimum Gasteiger partial charge on any atom is -0.360 e. The van der Waals surface area contributed by atoms with Crippen LogP contribution in [0.15, 0.2) is 24.3 Å². The van der Waals surface area contributed by atoms with Crippen molar-refractivity contribution in [1.82, 2.24) is 9.80 Å². The maximum Gasteiger partial charge on any atom is 0.251 e. The van der Waals surface area contributed by atoms with Crippen LogP contribution >= 0.6 is 0 Å². The molecule has 25 heavy (non-hydrogen) atoms. The number of piperidine rings is 1. The van der Waals surface area contributed by atoms with Gasteiger partial charge in [0.05, 0.1) is 12.1 Å². The Labute approximate surface area is 149 Å². The summed E-state index contributed by atoms with van der Waals surface area (Å²) in [4.78, 5) is 16.7. The zero-order valence-corrected chi connectivity index (χ0v) is 15.5. The van der Waals surface area contributed by atoms with E-state index in [1.807, 2.05) is 17.9 Å². The normalized spacial score (nSPS) is 24.3. The molecule has 2 aliphatic rings. The van der Waals surface area contributed by atoms with Crippen LogP contribution in [0.1, 0.15) is 39.2 Å². The molecule has 5 heteroatoms. The number of hydrogen-bond donors (Lipinski definition) is 0. The van der Waals surface area contributed by atoms with Gasteiger partial charge in [-0.3, -0.25) is 4.79 Å². The Morgan fingerprint density at radius 2 is 2.04 bits per heavy atom. The van der Waals surface area contributed by atoms with Crippen molar-refractivity contribution in [2.75, 3.05) is 26.2 Å². The van der Waals surface area contributed by atoms with Gasteiger partial charge in [-0.2, -0.15) is 0 Å². The van der Waals surface area contributed by atoms with Gasteiger partial charge in [-0.1, -0.05) is 12.1 Å². The van der Waals surface area contributed by atoms with E-state index in [1.54, 1.807) is 12.1 Å². The van der Waals surface area contributed by atoms with Gasteiger partial charge in [0.1, 0.15) is 11.9 Å². The summed E-state index contributed by atoms with van der Waals surface area (Å²) in [7, 11) is 0. The summed E-state index contributed by atoms with van der Waals surface area (Å²) < 4.78 is 19.4. The lowest BCUT2D eigenvalue weighted by Crippen LogP contribution is -2.62. The van der Waals surface area contributed by atoms with E-state index in [0.29, 0.717) is 6.54 Å². The van der Waals surface area contributed by atoms with Gasteiger partial charge in [-0.05, 0) is 57.7 Å². The monoisotopic (exact) mass is 348 g/mol. The van der Waals surface area contributed by atoms with E-state index >= 15 is 0 Å². The lowest BCUT2D eigenvalue weighted by molar-refractivity contribution is -0.192. The Morgan fingerprint density at radius 1 is 1.32 bits per heavy atom. The predicted molar refractivity (Wildman–Crippen MR) is 95.9 cm³/mol. The lowest BCUT2D eigenvalue weighted by atomic mass is 9.88. The third-order valence-corrected chi connectivity index (χ3v) is 5.51. The number of nitrogens with zero attached hydrogens (tertiary/aromatic N) is 2. The fraction of sp³-hybridized carbons (Fsp3) is 0.650. The number of benzene rings is 1. The molecule has 2 aliphatic heterocycles. The van der Waals surface area contributed by atoms with Gasteiger partial charge in [-0.25, -0.2) is 4.39 Å². The molecular weight excluding hydrogens is 319 g/mol. The first kappa shape index (κ1) is 18.3. The van der Waals surface area contributed by atoms with E-state index < -0.39 is 0 Å². The quantitative estimate of drug-likeness (QED) is 0.839. The Morgan fingerprint density at radius 3 is 2.68 bits per heavy atom. The van der Waals surface area contributed by atoms with Crippen molar-refractivity contribution < 1.29 is 13.9 Å². The fourth-order valence-electron chi connectivity index (χ4n) is 3.96. The molecule has 0 bridgehead atoms. The topological polar surface area (TPSA) is 32.8 Å². The molecule has 0 N–H and O–H groups in total. The summed E-state index contributed by atoms with van der Waals surface area (Å²) in [6, 6.07) is 7.06. The predicted octanol–water partition coefficient (Wildman–Crippen LogP) is 2.86. The second kappa shape index (κ2) is 7.42. The van der Waals surface area contributed by atoms with E-state index in [2.05, 4.69) is 18.7 Å². The smallest absolute Gasteiger partial charge is 0.251 e. The number of hydrogen-bond acceptors (Lipinski definition) is 3. The molecule has 3 rings (SSSR count). The maximum absolute atomic E-state index is 13.3. The van der Waals surface area contributed by atoms with Crippen molar-refractivity contribution in [3.05, 3.63) is 35.6 Å². The molecule has 0 radical (unpaired) electrons. The molecule has 0 aromatic heterocycles. The third kappa shape index (κ3) is 4.21. The summed E-state index contributed by atoms with van der Waals surface area (Å²) in [6.07, 6.45) is 2.39. The van der Waals surface area contributed by atoms with E-state index in [4.69, 9.17) is 4.74 Å². The minimum absolute atomic E-state index is 0.106. The maximum atomic E-state index is 13.3. The van der Waals surface area contributed by atoms with Crippen LogP contribution in [0.25, 0.3) is 0 Å². The molecule has 138 valence electrons. The Balaban J connectivity index is 1.55. The highest BCUT2D eigenvalue weighted by molar-refractivity contribution is 5.81. The standard InChI is InChI=1S/C20H29FN2O2/c1-15(2)23-14-20(25-16(3)19(23)24)8-11-22(12-9-20)10-7-17-5-4-6-18(21)13-17/h4-6,13,15-16H,7-12,14H2,1-3H3. The van der Waals surface area contributed by atoms with Crippen LogP contribution in [0.4, 0.5) is 4.39 Å². The number of carbonyl (C=O) groups is 1. The molecule has 2 saturated heterocycles. The van der Waals surface area contributed by atoms with Crippen molar-refractivity contribution >= 4 is 5.91 Å². The van der Waals surface area contributed by atoms with Crippen LogP contribution in [-0.2, 0) is 16.0 Å². The Kier molecular flexibility index (Phi) is 5.44. The Hall–Kier alpha value is -1.46. The van der Waals surface area contributed by atoms with Crippen LogP contribution in [-0.4, -0.2) is 59.6 Å². The Bertz CT molecular complexity index is 611. The summed E-state index contributed by atoms with van der Waals surface area (Å²) in [6.45, 7) is 9.56. The van der Waals surface area contributed by atoms with Crippen molar-refractivity contribution in [1.29, 1.82) is 0 Å². The largest absolute Gasteiger partial charge is 0.360 e. The first-order valence-electron chi connectivity index (χ1n) is 9.34. The molecule has 1 amide bonds. The first-order valence-corrected chi connectivity index (χ1v) is 9.34. The van der Waals surface area contributed by atoms with E-state index in [9.17, 15) is 9.18 Å². The van der Waals surface area contributed by atoms with Crippen LogP contribution < -0.4 is 0 Å². The molecule has 1 spiro atoms. The minimum atomic E-state index is -0.352. The van der Waals surface area contributed by atoms with Crippen LogP contribution in [0, 0.1) is 5.82 Å². The van der Waals surface area contributed by atoms with Gasteiger partial charge >= 0.3 is 0 Å². The number of rotatable bonds is 4. The average Bonchev–Trinajstić information content (AvgIpc) is 2.58. The second-order valence-corrected chi connectivity index (χ2v) is 7.72. The summed E-state index contributed by atoms with van der Waals surface area (Å²) in [5.41, 5.74) is 0.840. The zero-order chi connectivity index (χ0) is 18.0. The highest BCUT2D eigenvalue weighted by atomic mass is 19.1. The van der Waals surface area contributed by atoms with E-state index in [0.717, 1.165) is 44.5 Å². The molecule has 1 aromatic rings. The van der Waals surface area contributed by atoms with Gasteiger partial charge in [0.2, 0.25) is 0 Å². The molecular formula is C20H29FN2O2. The van der Waals surface area contributed by atoms with Crippen molar-refractivity contribution in [2.24, 2.45) is 0 Å². The molecule has 1 unspecified atom stereocenters. The lowest BCUT2D eigenvalue weighted by Gasteiger charge is -2.50. The van der Waals surface area contributed by atoms with Crippen molar-refractivity contribution in [3.8, 4) is 0 Å². The van der Waals surface area contributed by atoms with E-state index in [-0.39, 0.29) is 29.5 Å². The summed E-state index contributed by atoms with van der Waals surface area (Å²) in [5, 5.41) is 0. The molecule has 2 heterocycles. The third-order valence-electron chi connectivity index (χ3n) is 5.51. The number of morpholine rings is 1. The highest BCUT2D eigenvalue weighted by Gasteiger charge is 2.45. The summed E-state index contributed by atoms with van der Waals surface area (Å²) in [5.74, 6) is -0.0627. The SMILES string of the molecule is CC1OC2(CCN(CCc3cccc(F)c3)CC2)CN(C(C)C)C1=O. The number of halogens is 1. The second-order valence-electron chi connectivity index (χ2n) is 7.72. The number of likely N-dealkylation sites (tertiary alicyclic amines) is 1. The number of amides is 1. The molecule has 4 nitrogen and oxygen atoms in total. The molecule has 2 fully saturated rings. The van der Waals surface area contributed by atoms with Gasteiger partial charge in [0, 0.05) is 25.7 Å². The molecule has 1 aromatic carbocycles. The van der Waals surface area contributed by atoms with Crippen LogP contribution in [0.5, 0.6) is 0 Å². The summed E-state index contributed by atoms with van der Waals surface area (Å²) >= 11 is 0. The van der Waals surface area contributed by atoms with Gasteiger partial charge < -0.3 is 14.5 Å². The molecule has 0 aliphatic carbocycles. The number of ether oxygens (including phenoxy) is 1. The fourth-order valence-corrected chi connectivity index (χ4v) is 3.96. The first-order chi connectivity index (χ1) is 11.9. The van der Waals surface area contributed by atoms with Gasteiger partial charge in [-0.15, -0.1) is 0 Å². The van der Waals surface area contributed by atoms with Gasteiger partial charge in [0.25, 0.3) is 5.91 Å². The zero-order valence-electron chi connectivity index (χ0n) is 15.5. The van der Waals surface area contributed by atoms with Crippen LogP contribution in [0.2, 0.25) is 0 Å². The van der Waals surface area contributed by atoms with E-state index in [1.165, 1.54) is 6.07 Å². The van der Waals surface area contributed by atoms with Crippen molar-refractivity contribution in [3.63, 3.8) is 0 Å². The highest BCUT2D eigenvalue weighted by Crippen LogP contribution is 2.33. The van der Waals surface area contributed by atoms with Gasteiger partial charge in [0.15, 0.2) is 0 Å².